The minimum Gasteiger partial charge on any atom is -0.380 e. The second kappa shape index (κ2) is 5.73. The molecule has 1 atom stereocenters. The van der Waals surface area contributed by atoms with Crippen molar-refractivity contribution in [3.8, 4) is 0 Å². The van der Waals surface area contributed by atoms with Crippen LogP contribution in [0, 0.1) is 6.92 Å². The van der Waals surface area contributed by atoms with Crippen LogP contribution < -0.4 is 10.9 Å². The first-order chi connectivity index (χ1) is 9.54. The molecule has 0 spiro atoms. The summed E-state index contributed by atoms with van der Waals surface area (Å²) in [7, 11) is 0. The maximum atomic E-state index is 12.2. The normalized spacial score (nSPS) is 20.0. The average Bonchev–Trinajstić information content (AvgIpc) is 2.67. The van der Waals surface area contributed by atoms with Gasteiger partial charge in [0.2, 0.25) is 5.91 Å². The van der Waals surface area contributed by atoms with Crippen LogP contribution in [0.2, 0.25) is 0 Å². The number of imide groups is 1. The van der Waals surface area contributed by atoms with E-state index in [-0.39, 0.29) is 24.3 Å². The summed E-state index contributed by atoms with van der Waals surface area (Å²) in [5.74, 6) is -0.377. The van der Waals surface area contributed by atoms with Gasteiger partial charge in [-0.05, 0) is 26.3 Å². The molecule has 0 aromatic carbocycles. The molecule has 1 N–H and O–H groups in total. The van der Waals surface area contributed by atoms with Crippen molar-refractivity contribution >= 4 is 17.9 Å². The van der Waals surface area contributed by atoms with E-state index in [4.69, 9.17) is 4.52 Å². The van der Waals surface area contributed by atoms with Crippen LogP contribution >= 0.6 is 0 Å². The summed E-state index contributed by atoms with van der Waals surface area (Å²) >= 11 is 0. The van der Waals surface area contributed by atoms with Crippen LogP contribution in [-0.2, 0) is 9.59 Å². The van der Waals surface area contributed by atoms with Gasteiger partial charge >= 0.3 is 0 Å². The van der Waals surface area contributed by atoms with E-state index in [1.165, 1.54) is 0 Å². The molecule has 6 nitrogen and oxygen atoms in total. The van der Waals surface area contributed by atoms with Gasteiger partial charge in [0.15, 0.2) is 0 Å². The van der Waals surface area contributed by atoms with Gasteiger partial charge in [0.25, 0.3) is 11.5 Å². The number of hydrogen-bond donors (Lipinski definition) is 1. The number of nitrogens with zero attached hydrogens (tertiary/aromatic N) is 1. The highest BCUT2D eigenvalue weighted by Gasteiger charge is 2.31. The highest BCUT2D eigenvalue weighted by Crippen LogP contribution is 2.19. The van der Waals surface area contributed by atoms with Crippen molar-refractivity contribution in [2.24, 2.45) is 0 Å². The van der Waals surface area contributed by atoms with Crippen molar-refractivity contribution < 1.29 is 14.1 Å². The van der Waals surface area contributed by atoms with Gasteiger partial charge in [-0.1, -0.05) is 18.2 Å². The Morgan fingerprint density at radius 2 is 2.05 bits per heavy atom. The molecule has 2 heterocycles. The number of hydrogen-bond acceptors (Lipinski definition) is 4. The van der Waals surface area contributed by atoms with Gasteiger partial charge in [0, 0.05) is 6.42 Å². The Hall–Kier alpha value is -2.37. The van der Waals surface area contributed by atoms with Crippen molar-refractivity contribution in [3.05, 3.63) is 39.9 Å². The average molecular weight is 276 g/mol. The van der Waals surface area contributed by atoms with Gasteiger partial charge in [-0.2, -0.15) is 4.74 Å². The van der Waals surface area contributed by atoms with Crippen LogP contribution in [-0.4, -0.2) is 16.6 Å². The third-order valence-electron chi connectivity index (χ3n) is 3.10. The summed E-state index contributed by atoms with van der Waals surface area (Å²) in [6.45, 7) is 3.54. The molecule has 0 radical (unpaired) electrons. The highest BCUT2D eigenvalue weighted by atomic mass is 16.5. The number of piperidine rings is 1. The largest absolute Gasteiger partial charge is 0.380 e. The molecule has 0 saturated carbocycles. The summed E-state index contributed by atoms with van der Waals surface area (Å²) in [5.41, 5.74) is 0.0468. The van der Waals surface area contributed by atoms with Crippen LogP contribution in [0.5, 0.6) is 0 Å². The summed E-state index contributed by atoms with van der Waals surface area (Å²) in [6, 6.07) is -0.761. The number of aromatic nitrogens is 1. The Bertz CT molecular complexity index is 649. The topological polar surface area (TPSA) is 81.3 Å². The zero-order valence-corrected chi connectivity index (χ0v) is 11.4. The van der Waals surface area contributed by atoms with Gasteiger partial charge in [0.1, 0.15) is 11.8 Å². The fraction of sp³-hybridized carbons (Fsp3) is 0.357. The maximum Gasteiger partial charge on any atom is 0.290 e. The first kappa shape index (κ1) is 14.0. The lowest BCUT2D eigenvalue weighted by atomic mass is 10.1. The molecule has 1 saturated heterocycles. The van der Waals surface area contributed by atoms with Crippen LogP contribution in [0.25, 0.3) is 6.08 Å². The van der Waals surface area contributed by atoms with Gasteiger partial charge in [-0.25, -0.2) is 0 Å². The van der Waals surface area contributed by atoms with Crippen LogP contribution in [0.3, 0.4) is 0 Å². The van der Waals surface area contributed by atoms with Gasteiger partial charge in [-0.15, -0.1) is 0 Å². The highest BCUT2D eigenvalue weighted by molar-refractivity contribution is 5.99. The van der Waals surface area contributed by atoms with E-state index in [0.717, 1.165) is 4.74 Å². The van der Waals surface area contributed by atoms with Crippen molar-refractivity contribution in [1.82, 2.24) is 10.1 Å². The monoisotopic (exact) mass is 276 g/mol. The van der Waals surface area contributed by atoms with Crippen molar-refractivity contribution in [2.45, 2.75) is 32.7 Å². The van der Waals surface area contributed by atoms with Crippen LogP contribution in [0.15, 0.2) is 27.5 Å². The van der Waals surface area contributed by atoms with Crippen LogP contribution in [0.4, 0.5) is 0 Å². The number of rotatable bonds is 3. The second-order valence-corrected chi connectivity index (χ2v) is 4.54. The van der Waals surface area contributed by atoms with Crippen molar-refractivity contribution in [2.75, 3.05) is 0 Å². The Kier molecular flexibility index (Phi) is 4.02. The minimum absolute atomic E-state index is 0.201. The van der Waals surface area contributed by atoms with E-state index in [0.29, 0.717) is 11.3 Å². The Balaban J connectivity index is 2.35. The Labute approximate surface area is 115 Å². The fourth-order valence-corrected chi connectivity index (χ4v) is 2.07. The number of amides is 2. The number of carbonyl (C=O) groups is 2. The minimum atomic E-state index is -0.761. The predicted molar refractivity (Wildman–Crippen MR) is 73.0 cm³/mol. The smallest absolute Gasteiger partial charge is 0.290 e. The Morgan fingerprint density at radius 3 is 2.70 bits per heavy atom. The summed E-state index contributed by atoms with van der Waals surface area (Å²) in [6.07, 6.45) is 7.48. The first-order valence-corrected chi connectivity index (χ1v) is 6.40. The molecule has 106 valence electrons. The van der Waals surface area contributed by atoms with E-state index in [1.54, 1.807) is 25.2 Å². The van der Waals surface area contributed by atoms with E-state index >= 15 is 0 Å². The lowest BCUT2D eigenvalue weighted by Crippen LogP contribution is -2.43. The number of allylic oxidation sites excluding steroid dienone is 3. The summed E-state index contributed by atoms with van der Waals surface area (Å²) in [4.78, 5) is 35.1. The molecule has 20 heavy (non-hydrogen) atoms. The number of carbonyl (C=O) groups excluding carboxylic acids is 2. The van der Waals surface area contributed by atoms with E-state index in [9.17, 15) is 14.4 Å². The van der Waals surface area contributed by atoms with E-state index in [1.807, 2.05) is 13.0 Å². The molecular formula is C14H16N2O4. The zero-order valence-electron chi connectivity index (χ0n) is 11.4. The molecule has 1 aromatic heterocycles. The third-order valence-corrected chi connectivity index (χ3v) is 3.10. The second-order valence-electron chi connectivity index (χ2n) is 4.54. The first-order valence-electron chi connectivity index (χ1n) is 6.40. The summed E-state index contributed by atoms with van der Waals surface area (Å²) in [5, 5.41) is 2.21. The molecule has 0 bridgehead atoms. The fourth-order valence-electron chi connectivity index (χ4n) is 2.07. The van der Waals surface area contributed by atoms with Gasteiger partial charge < -0.3 is 4.52 Å². The predicted octanol–water partition coefficient (Wildman–Crippen LogP) is 1.32. The van der Waals surface area contributed by atoms with E-state index < -0.39 is 11.9 Å². The van der Waals surface area contributed by atoms with Gasteiger partial charge in [-0.3, -0.25) is 19.7 Å². The standard InChI is InChI=1S/C14H16N2O4/c1-3-4-5-6-10-9(2)20-16(14(10)19)11-7-8-12(17)15-13(11)18/h3-6,11H,7-8H2,1-2H3,(H,15,17,18)/b4-3-,6-5-. The molecule has 1 aliphatic heterocycles. The van der Waals surface area contributed by atoms with Crippen molar-refractivity contribution in [3.63, 3.8) is 0 Å². The molecule has 2 rings (SSSR count). The number of nitrogens with one attached hydrogen (secondary N) is 1. The Morgan fingerprint density at radius 1 is 1.30 bits per heavy atom. The molecule has 1 fully saturated rings. The SMILES string of the molecule is C/C=C\C=C/c1c(C)on(C2CCC(=O)NC2=O)c1=O. The zero-order chi connectivity index (χ0) is 14.7. The van der Waals surface area contributed by atoms with Crippen molar-refractivity contribution in [1.29, 1.82) is 0 Å². The van der Waals surface area contributed by atoms with E-state index in [2.05, 4.69) is 5.32 Å². The van der Waals surface area contributed by atoms with Gasteiger partial charge in [0.05, 0.1) is 5.56 Å². The lowest BCUT2D eigenvalue weighted by Gasteiger charge is -2.19. The molecule has 0 aliphatic carbocycles. The lowest BCUT2D eigenvalue weighted by molar-refractivity contribution is -0.137. The molecule has 1 aromatic rings. The van der Waals surface area contributed by atoms with Crippen LogP contribution in [0.1, 0.15) is 37.1 Å². The third kappa shape index (κ3) is 2.64. The quantitative estimate of drug-likeness (QED) is 0.666. The molecule has 1 aliphatic rings. The molecule has 1 unspecified atom stereocenters. The molecule has 2 amide bonds. The molecular weight excluding hydrogens is 260 g/mol. The number of aryl methyl sites for hydroxylation is 1. The molecule has 6 heteroatoms. The summed E-state index contributed by atoms with van der Waals surface area (Å²) < 4.78 is 6.43. The maximum absolute atomic E-state index is 12.2.